The Bertz CT molecular complexity index is 342. The minimum absolute atomic E-state index is 0.145. The minimum Gasteiger partial charge on any atom is -0.407 e. The van der Waals surface area contributed by atoms with Crippen LogP contribution in [-0.4, -0.2) is 11.0 Å². The minimum atomic E-state index is -0.319. The SMILES string of the molecule is CCCC(=O)Oc1ccc(N)c(Cl)n1. The Morgan fingerprint density at radius 3 is 2.93 bits per heavy atom. The summed E-state index contributed by atoms with van der Waals surface area (Å²) in [5.74, 6) is -0.136. The van der Waals surface area contributed by atoms with Gasteiger partial charge in [0.1, 0.15) is 0 Å². The Hall–Kier alpha value is -1.29. The van der Waals surface area contributed by atoms with Gasteiger partial charge >= 0.3 is 5.97 Å². The highest BCUT2D eigenvalue weighted by Crippen LogP contribution is 2.19. The first kappa shape index (κ1) is 10.8. The van der Waals surface area contributed by atoms with Crippen molar-refractivity contribution in [2.24, 2.45) is 0 Å². The predicted octanol–water partition coefficient (Wildman–Crippen LogP) is 2.02. The van der Waals surface area contributed by atoms with Crippen molar-refractivity contribution >= 4 is 23.3 Å². The third-order valence-corrected chi connectivity index (χ3v) is 1.83. The quantitative estimate of drug-likeness (QED) is 0.618. The van der Waals surface area contributed by atoms with Gasteiger partial charge in [-0.3, -0.25) is 4.79 Å². The molecule has 0 unspecified atom stereocenters. The number of anilines is 1. The van der Waals surface area contributed by atoms with E-state index < -0.39 is 0 Å². The average Bonchev–Trinajstić information content (AvgIpc) is 2.12. The van der Waals surface area contributed by atoms with Crippen LogP contribution in [0, 0.1) is 0 Å². The second-order valence-corrected chi connectivity index (χ2v) is 3.11. The first-order valence-corrected chi connectivity index (χ1v) is 4.64. The lowest BCUT2D eigenvalue weighted by Gasteiger charge is -2.03. The number of rotatable bonds is 3. The van der Waals surface area contributed by atoms with Gasteiger partial charge in [-0.25, -0.2) is 0 Å². The van der Waals surface area contributed by atoms with Crippen molar-refractivity contribution < 1.29 is 9.53 Å². The molecule has 2 N–H and O–H groups in total. The summed E-state index contributed by atoms with van der Waals surface area (Å²) in [6.07, 6.45) is 1.10. The number of hydrogen-bond acceptors (Lipinski definition) is 4. The number of halogens is 1. The number of carbonyl (C=O) groups excluding carboxylic acids is 1. The van der Waals surface area contributed by atoms with Crippen LogP contribution in [0.25, 0.3) is 0 Å². The van der Waals surface area contributed by atoms with E-state index in [1.54, 1.807) is 6.07 Å². The van der Waals surface area contributed by atoms with Gasteiger partial charge in [0.25, 0.3) is 0 Å². The summed E-state index contributed by atoms with van der Waals surface area (Å²) in [5, 5.41) is 0.145. The number of hydrogen-bond donors (Lipinski definition) is 1. The van der Waals surface area contributed by atoms with Gasteiger partial charge in [0.15, 0.2) is 5.15 Å². The molecule has 1 aromatic heterocycles. The van der Waals surface area contributed by atoms with E-state index in [-0.39, 0.29) is 17.0 Å². The smallest absolute Gasteiger partial charge is 0.312 e. The monoisotopic (exact) mass is 214 g/mol. The maximum Gasteiger partial charge on any atom is 0.312 e. The molecule has 14 heavy (non-hydrogen) atoms. The molecule has 4 nitrogen and oxygen atoms in total. The maximum absolute atomic E-state index is 11.1. The fourth-order valence-corrected chi connectivity index (χ4v) is 1.00. The van der Waals surface area contributed by atoms with Crippen molar-refractivity contribution in [3.05, 3.63) is 17.3 Å². The summed E-state index contributed by atoms with van der Waals surface area (Å²) in [6, 6.07) is 3.05. The Morgan fingerprint density at radius 2 is 2.36 bits per heavy atom. The number of aromatic nitrogens is 1. The molecule has 0 aliphatic rings. The number of carbonyl (C=O) groups is 1. The summed E-state index contributed by atoms with van der Waals surface area (Å²) in [7, 11) is 0. The fraction of sp³-hybridized carbons (Fsp3) is 0.333. The lowest BCUT2D eigenvalue weighted by Crippen LogP contribution is -2.08. The molecule has 76 valence electrons. The Kier molecular flexibility index (Phi) is 3.71. The number of pyridine rings is 1. The molecule has 1 aromatic rings. The molecule has 5 heteroatoms. The lowest BCUT2D eigenvalue weighted by molar-refractivity contribution is -0.134. The van der Waals surface area contributed by atoms with E-state index in [0.29, 0.717) is 12.1 Å². The number of nitrogen functional groups attached to an aromatic ring is 1. The normalized spacial score (nSPS) is 9.86. The highest BCUT2D eigenvalue weighted by Gasteiger charge is 2.06. The van der Waals surface area contributed by atoms with Gasteiger partial charge in [-0.05, 0) is 12.5 Å². The summed E-state index contributed by atoms with van der Waals surface area (Å²) in [5.41, 5.74) is 5.81. The largest absolute Gasteiger partial charge is 0.407 e. The van der Waals surface area contributed by atoms with Crippen LogP contribution in [-0.2, 0) is 4.79 Å². The van der Waals surface area contributed by atoms with Crippen LogP contribution in [0.5, 0.6) is 5.88 Å². The van der Waals surface area contributed by atoms with Crippen molar-refractivity contribution in [1.82, 2.24) is 4.98 Å². The molecule has 1 rings (SSSR count). The van der Waals surface area contributed by atoms with Crippen molar-refractivity contribution in [2.75, 3.05) is 5.73 Å². The highest BCUT2D eigenvalue weighted by atomic mass is 35.5. The molecule has 0 bridgehead atoms. The van der Waals surface area contributed by atoms with E-state index in [1.807, 2.05) is 6.92 Å². The molecular formula is C9H11ClN2O2. The van der Waals surface area contributed by atoms with Crippen LogP contribution < -0.4 is 10.5 Å². The standard InChI is InChI=1S/C9H11ClN2O2/c1-2-3-8(13)14-7-5-4-6(11)9(10)12-7/h4-5H,2-3,11H2,1H3. The summed E-state index contributed by atoms with van der Waals surface area (Å²) < 4.78 is 4.90. The third kappa shape index (κ3) is 2.88. The topological polar surface area (TPSA) is 65.2 Å². The van der Waals surface area contributed by atoms with E-state index in [2.05, 4.69) is 4.98 Å². The summed E-state index contributed by atoms with van der Waals surface area (Å²) in [6.45, 7) is 1.89. The molecule has 0 amide bonds. The Morgan fingerprint density at radius 1 is 1.64 bits per heavy atom. The molecule has 0 aliphatic carbocycles. The molecule has 0 saturated heterocycles. The molecule has 0 aliphatic heterocycles. The van der Waals surface area contributed by atoms with Gasteiger partial charge in [0, 0.05) is 12.5 Å². The summed E-state index contributed by atoms with van der Waals surface area (Å²) in [4.78, 5) is 14.9. The van der Waals surface area contributed by atoms with Crippen LogP contribution in [0.4, 0.5) is 5.69 Å². The average molecular weight is 215 g/mol. The van der Waals surface area contributed by atoms with Crippen molar-refractivity contribution in [3.63, 3.8) is 0 Å². The van der Waals surface area contributed by atoms with E-state index in [0.717, 1.165) is 6.42 Å². The van der Waals surface area contributed by atoms with Gasteiger partial charge in [-0.2, -0.15) is 4.98 Å². The molecular weight excluding hydrogens is 204 g/mol. The zero-order chi connectivity index (χ0) is 10.6. The van der Waals surface area contributed by atoms with Gasteiger partial charge in [0.05, 0.1) is 5.69 Å². The van der Waals surface area contributed by atoms with E-state index >= 15 is 0 Å². The first-order chi connectivity index (χ1) is 6.63. The van der Waals surface area contributed by atoms with E-state index in [1.165, 1.54) is 6.07 Å². The molecule has 0 fully saturated rings. The molecule has 0 atom stereocenters. The number of nitrogens with zero attached hydrogens (tertiary/aromatic N) is 1. The zero-order valence-electron chi connectivity index (χ0n) is 7.79. The molecule has 0 saturated carbocycles. The van der Waals surface area contributed by atoms with Crippen LogP contribution in [0.3, 0.4) is 0 Å². The second kappa shape index (κ2) is 4.81. The van der Waals surface area contributed by atoms with Crippen molar-refractivity contribution in [2.45, 2.75) is 19.8 Å². The van der Waals surface area contributed by atoms with E-state index in [4.69, 9.17) is 22.1 Å². The third-order valence-electron chi connectivity index (χ3n) is 1.52. The predicted molar refractivity (Wildman–Crippen MR) is 54.2 cm³/mol. The number of nitrogens with two attached hydrogens (primary N) is 1. The van der Waals surface area contributed by atoms with Gasteiger partial charge in [-0.15, -0.1) is 0 Å². The maximum atomic E-state index is 11.1. The van der Waals surface area contributed by atoms with Crippen LogP contribution in [0.2, 0.25) is 5.15 Å². The molecule has 0 aromatic carbocycles. The highest BCUT2D eigenvalue weighted by molar-refractivity contribution is 6.31. The zero-order valence-corrected chi connectivity index (χ0v) is 8.54. The van der Waals surface area contributed by atoms with E-state index in [9.17, 15) is 4.79 Å². The molecule has 0 spiro atoms. The number of ether oxygens (including phenoxy) is 1. The van der Waals surface area contributed by atoms with Gasteiger partial charge in [0.2, 0.25) is 5.88 Å². The Labute approximate surface area is 87.0 Å². The number of esters is 1. The Balaban J connectivity index is 2.68. The van der Waals surface area contributed by atoms with Crippen molar-refractivity contribution in [3.8, 4) is 5.88 Å². The van der Waals surface area contributed by atoms with Crippen LogP contribution in [0.15, 0.2) is 12.1 Å². The lowest BCUT2D eigenvalue weighted by atomic mass is 10.3. The first-order valence-electron chi connectivity index (χ1n) is 4.26. The molecule has 0 radical (unpaired) electrons. The second-order valence-electron chi connectivity index (χ2n) is 2.75. The van der Waals surface area contributed by atoms with Crippen molar-refractivity contribution in [1.29, 1.82) is 0 Å². The van der Waals surface area contributed by atoms with Gasteiger partial charge < -0.3 is 10.5 Å². The summed E-state index contributed by atoms with van der Waals surface area (Å²) >= 11 is 5.65. The fourth-order valence-electron chi connectivity index (χ4n) is 0.857. The molecule has 1 heterocycles. The van der Waals surface area contributed by atoms with Crippen LogP contribution >= 0.6 is 11.6 Å². The van der Waals surface area contributed by atoms with Crippen LogP contribution in [0.1, 0.15) is 19.8 Å². The van der Waals surface area contributed by atoms with Gasteiger partial charge in [-0.1, -0.05) is 18.5 Å².